The molecule has 84 valence electrons. The Morgan fingerprint density at radius 3 is 2.56 bits per heavy atom. The van der Waals surface area contributed by atoms with Gasteiger partial charge in [0.2, 0.25) is 5.91 Å². The van der Waals surface area contributed by atoms with Gasteiger partial charge in [-0.3, -0.25) is 9.36 Å². The highest BCUT2D eigenvalue weighted by Crippen LogP contribution is 2.27. The molecular weight excluding hydrogens is 266 g/mol. The number of fused-ring (bicyclic) bond motifs is 1. The minimum absolute atomic E-state index is 0.112. The molecule has 0 saturated heterocycles. The normalized spacial score (nSPS) is 12.0. The van der Waals surface area contributed by atoms with Gasteiger partial charge in [-0.2, -0.15) is 0 Å². The minimum Gasteiger partial charge on any atom is -0.287 e. The predicted molar refractivity (Wildman–Crippen MR) is 69.7 cm³/mol. The first-order valence-electron chi connectivity index (χ1n) is 5.21. The quantitative estimate of drug-likeness (QED) is 0.712. The van der Waals surface area contributed by atoms with E-state index in [1.54, 1.807) is 4.57 Å². The van der Waals surface area contributed by atoms with E-state index in [4.69, 9.17) is 0 Å². The minimum atomic E-state index is -0.367. The first-order valence-corrected chi connectivity index (χ1v) is 6.01. The molecule has 0 bridgehead atoms. The number of rotatable bonds is 0. The lowest BCUT2D eigenvalue weighted by Gasteiger charge is -2.17. The third kappa shape index (κ3) is 1.80. The summed E-state index contributed by atoms with van der Waals surface area (Å²) in [5.41, 5.74) is 0.586. The van der Waals surface area contributed by atoms with Crippen LogP contribution in [0.25, 0.3) is 10.9 Å². The van der Waals surface area contributed by atoms with Crippen molar-refractivity contribution in [2.75, 3.05) is 0 Å². The van der Waals surface area contributed by atoms with Gasteiger partial charge in [0.25, 0.3) is 0 Å². The summed E-state index contributed by atoms with van der Waals surface area (Å²) in [4.78, 5) is 12.2. The molecule has 0 unspecified atom stereocenters. The molecule has 3 heteroatoms. The number of hydrogen-bond acceptors (Lipinski definition) is 1. The summed E-state index contributed by atoms with van der Waals surface area (Å²) in [6, 6.07) is 7.85. The maximum atomic E-state index is 12.2. The van der Waals surface area contributed by atoms with Crippen molar-refractivity contribution in [1.82, 2.24) is 4.57 Å². The van der Waals surface area contributed by atoms with Gasteiger partial charge in [0.15, 0.2) is 0 Å². The first kappa shape index (κ1) is 11.4. The molecule has 0 saturated carbocycles. The average molecular weight is 280 g/mol. The Labute approximate surface area is 103 Å². The van der Waals surface area contributed by atoms with Crippen LogP contribution in [0.1, 0.15) is 25.6 Å². The molecule has 1 aromatic carbocycles. The number of nitrogens with zero attached hydrogens (tertiary/aromatic N) is 1. The second-order valence-corrected chi connectivity index (χ2v) is 5.77. The van der Waals surface area contributed by atoms with E-state index in [0.717, 1.165) is 15.4 Å². The lowest BCUT2D eigenvalue weighted by molar-refractivity contribution is 0.0772. The Hall–Kier alpha value is -1.09. The Morgan fingerprint density at radius 2 is 1.94 bits per heavy atom. The molecule has 0 radical (unpaired) electrons. The van der Waals surface area contributed by atoms with Gasteiger partial charge in [-0.15, -0.1) is 0 Å². The Morgan fingerprint density at radius 1 is 1.25 bits per heavy atom. The molecule has 2 nitrogen and oxygen atoms in total. The molecule has 2 aromatic rings. The van der Waals surface area contributed by atoms with Crippen molar-refractivity contribution in [1.29, 1.82) is 0 Å². The van der Waals surface area contributed by atoms with Gasteiger partial charge in [-0.1, -0.05) is 42.8 Å². The molecule has 0 aliphatic carbocycles. The lowest BCUT2D eigenvalue weighted by Crippen LogP contribution is -2.25. The van der Waals surface area contributed by atoms with E-state index in [9.17, 15) is 4.79 Å². The fourth-order valence-corrected chi connectivity index (χ4v) is 2.16. The maximum absolute atomic E-state index is 12.2. The van der Waals surface area contributed by atoms with Gasteiger partial charge in [0.05, 0.1) is 5.52 Å². The predicted octanol–water partition coefficient (Wildman–Crippen LogP) is 4.09. The third-order valence-corrected chi connectivity index (χ3v) is 3.23. The molecule has 0 N–H and O–H groups in total. The van der Waals surface area contributed by atoms with Crippen molar-refractivity contribution >= 4 is 32.7 Å². The summed E-state index contributed by atoms with van der Waals surface area (Å²) in [5, 5.41) is 1.07. The zero-order valence-electron chi connectivity index (χ0n) is 9.62. The van der Waals surface area contributed by atoms with E-state index in [1.807, 2.05) is 51.2 Å². The Bertz CT molecular complexity index is 549. The zero-order chi connectivity index (χ0) is 11.9. The highest BCUT2D eigenvalue weighted by atomic mass is 79.9. The van der Waals surface area contributed by atoms with Crippen LogP contribution in [0, 0.1) is 5.41 Å². The van der Waals surface area contributed by atoms with Gasteiger partial charge >= 0.3 is 0 Å². The Kier molecular flexibility index (Phi) is 2.66. The summed E-state index contributed by atoms with van der Waals surface area (Å²) in [6.45, 7) is 5.79. The van der Waals surface area contributed by atoms with Gasteiger partial charge in [0, 0.05) is 21.5 Å². The van der Waals surface area contributed by atoms with E-state index in [0.29, 0.717) is 0 Å². The molecule has 1 heterocycles. The van der Waals surface area contributed by atoms with Gasteiger partial charge in [-0.25, -0.2) is 0 Å². The van der Waals surface area contributed by atoms with Crippen LogP contribution in [0.2, 0.25) is 0 Å². The molecular formula is C13H14BrNO. The van der Waals surface area contributed by atoms with Crippen molar-refractivity contribution < 1.29 is 4.79 Å². The van der Waals surface area contributed by atoms with Gasteiger partial charge in [0.1, 0.15) is 0 Å². The fraction of sp³-hybridized carbons (Fsp3) is 0.308. The van der Waals surface area contributed by atoms with Crippen molar-refractivity contribution in [3.63, 3.8) is 0 Å². The lowest BCUT2D eigenvalue weighted by atomic mass is 9.95. The molecule has 0 spiro atoms. The van der Waals surface area contributed by atoms with Crippen LogP contribution in [0.5, 0.6) is 0 Å². The molecule has 0 fully saturated rings. The van der Waals surface area contributed by atoms with E-state index in [2.05, 4.69) is 15.9 Å². The number of carbonyl (C=O) groups excluding carboxylic acids is 1. The van der Waals surface area contributed by atoms with Crippen molar-refractivity contribution in [2.45, 2.75) is 20.8 Å². The summed E-state index contributed by atoms with van der Waals surface area (Å²) < 4.78 is 2.74. The van der Waals surface area contributed by atoms with Gasteiger partial charge in [-0.05, 0) is 18.2 Å². The topological polar surface area (TPSA) is 22.0 Å². The zero-order valence-corrected chi connectivity index (χ0v) is 11.2. The SMILES string of the molecule is CC(C)(C)C(=O)n1ccc2c(Br)cccc21. The van der Waals surface area contributed by atoms with E-state index in [1.165, 1.54) is 0 Å². The second-order valence-electron chi connectivity index (χ2n) is 4.91. The van der Waals surface area contributed by atoms with Crippen molar-refractivity contribution in [3.8, 4) is 0 Å². The summed E-state index contributed by atoms with van der Waals surface area (Å²) >= 11 is 3.49. The molecule has 0 amide bonds. The Balaban J connectivity index is 2.64. The van der Waals surface area contributed by atoms with Crippen LogP contribution < -0.4 is 0 Å². The van der Waals surface area contributed by atoms with Crippen LogP contribution in [-0.4, -0.2) is 10.5 Å². The smallest absolute Gasteiger partial charge is 0.236 e. The van der Waals surface area contributed by atoms with Crippen LogP contribution in [0.3, 0.4) is 0 Å². The first-order chi connectivity index (χ1) is 7.41. The standard InChI is InChI=1S/C13H14BrNO/c1-13(2,3)12(16)15-8-7-9-10(14)5-4-6-11(9)15/h4-8H,1-3H3. The molecule has 16 heavy (non-hydrogen) atoms. The molecule has 0 aliphatic rings. The van der Waals surface area contributed by atoms with Crippen molar-refractivity contribution in [3.05, 3.63) is 34.9 Å². The van der Waals surface area contributed by atoms with Crippen molar-refractivity contribution in [2.24, 2.45) is 5.41 Å². The summed E-state index contributed by atoms with van der Waals surface area (Å²) in [7, 11) is 0. The largest absolute Gasteiger partial charge is 0.287 e. The monoisotopic (exact) mass is 279 g/mol. The van der Waals surface area contributed by atoms with Crippen LogP contribution in [0.15, 0.2) is 34.9 Å². The van der Waals surface area contributed by atoms with Crippen LogP contribution in [0.4, 0.5) is 0 Å². The summed E-state index contributed by atoms with van der Waals surface area (Å²) in [6.07, 6.45) is 1.84. The highest BCUT2D eigenvalue weighted by molar-refractivity contribution is 9.10. The third-order valence-electron chi connectivity index (χ3n) is 2.54. The van der Waals surface area contributed by atoms with Gasteiger partial charge < -0.3 is 0 Å². The molecule has 0 atom stereocenters. The highest BCUT2D eigenvalue weighted by Gasteiger charge is 2.24. The fourth-order valence-electron chi connectivity index (χ4n) is 1.67. The number of carbonyl (C=O) groups is 1. The number of benzene rings is 1. The molecule has 2 rings (SSSR count). The maximum Gasteiger partial charge on any atom is 0.236 e. The van der Waals surface area contributed by atoms with E-state index >= 15 is 0 Å². The number of halogens is 1. The average Bonchev–Trinajstić information content (AvgIpc) is 2.60. The second kappa shape index (κ2) is 3.74. The van der Waals surface area contributed by atoms with Crippen LogP contribution in [-0.2, 0) is 0 Å². The van der Waals surface area contributed by atoms with Crippen LogP contribution >= 0.6 is 15.9 Å². The molecule has 0 aliphatic heterocycles. The molecule has 1 aromatic heterocycles. The number of aromatic nitrogens is 1. The number of hydrogen-bond donors (Lipinski definition) is 0. The van der Waals surface area contributed by atoms with E-state index < -0.39 is 0 Å². The van der Waals surface area contributed by atoms with E-state index in [-0.39, 0.29) is 11.3 Å². The summed E-state index contributed by atoms with van der Waals surface area (Å²) in [5.74, 6) is 0.112.